The summed E-state index contributed by atoms with van der Waals surface area (Å²) < 4.78 is 17.9. The third kappa shape index (κ3) is 6.38. The van der Waals surface area contributed by atoms with Crippen LogP contribution in [0.5, 0.6) is 0 Å². The molecule has 23 heavy (non-hydrogen) atoms. The molecular weight excluding hydrogens is 299 g/mol. The van der Waals surface area contributed by atoms with Crippen LogP contribution in [0, 0.1) is 5.92 Å². The van der Waals surface area contributed by atoms with Crippen molar-refractivity contribution >= 4 is 6.47 Å². The average Bonchev–Trinajstić information content (AvgIpc) is 2.54. The normalized spacial score (nSPS) is 18.2. The van der Waals surface area contributed by atoms with Gasteiger partial charge in [-0.3, -0.25) is 4.79 Å². The number of hydrogen-bond acceptors (Lipinski definition) is 5. The van der Waals surface area contributed by atoms with Gasteiger partial charge in [-0.05, 0) is 44.8 Å². The first-order valence-corrected chi connectivity index (χ1v) is 7.64. The lowest BCUT2D eigenvalue weighted by molar-refractivity contribution is -0.124. The van der Waals surface area contributed by atoms with Crippen LogP contribution < -0.4 is 10.6 Å². The van der Waals surface area contributed by atoms with Crippen LogP contribution in [0.1, 0.15) is 19.8 Å². The van der Waals surface area contributed by atoms with Gasteiger partial charge < -0.3 is 20.5 Å². The molecule has 0 aromatic rings. The predicted molar refractivity (Wildman–Crippen MR) is 88.0 cm³/mol. The minimum atomic E-state index is -0.685. The van der Waals surface area contributed by atoms with Crippen molar-refractivity contribution < 1.29 is 19.0 Å². The highest BCUT2D eigenvalue weighted by Gasteiger charge is 2.22. The van der Waals surface area contributed by atoms with Gasteiger partial charge in [0.25, 0.3) is 6.47 Å². The molecule has 1 aliphatic heterocycles. The van der Waals surface area contributed by atoms with E-state index in [9.17, 15) is 14.3 Å². The summed E-state index contributed by atoms with van der Waals surface area (Å²) in [6.07, 6.45) is 4.15. The molecule has 0 amide bonds. The number of allylic oxidation sites excluding steroid dienone is 3. The van der Waals surface area contributed by atoms with E-state index in [2.05, 4.69) is 23.8 Å². The van der Waals surface area contributed by atoms with Gasteiger partial charge in [-0.25, -0.2) is 4.39 Å². The molecule has 5 nitrogen and oxygen atoms in total. The topological polar surface area (TPSA) is 70.6 Å². The van der Waals surface area contributed by atoms with Crippen molar-refractivity contribution in [2.45, 2.75) is 25.9 Å². The Morgan fingerprint density at radius 1 is 1.48 bits per heavy atom. The van der Waals surface area contributed by atoms with E-state index in [4.69, 9.17) is 4.74 Å². The van der Waals surface area contributed by atoms with Crippen LogP contribution in [0.4, 0.5) is 4.39 Å². The van der Waals surface area contributed by atoms with E-state index >= 15 is 0 Å². The number of hydrogen-bond donors (Lipinski definition) is 3. The summed E-state index contributed by atoms with van der Waals surface area (Å²) in [7, 11) is 0. The molecule has 0 bridgehead atoms. The summed E-state index contributed by atoms with van der Waals surface area (Å²) in [6.45, 7) is 10.9. The van der Waals surface area contributed by atoms with Crippen LogP contribution in [-0.4, -0.2) is 37.3 Å². The Morgan fingerprint density at radius 2 is 2.13 bits per heavy atom. The van der Waals surface area contributed by atoms with Crippen LogP contribution in [0.2, 0.25) is 0 Å². The quantitative estimate of drug-likeness (QED) is 0.343. The van der Waals surface area contributed by atoms with Crippen molar-refractivity contribution in [2.24, 2.45) is 5.92 Å². The second kappa shape index (κ2) is 9.97. The highest BCUT2D eigenvalue weighted by Crippen LogP contribution is 2.21. The van der Waals surface area contributed by atoms with Crippen LogP contribution in [0.25, 0.3) is 0 Å². The molecule has 1 unspecified atom stereocenters. The van der Waals surface area contributed by atoms with Crippen LogP contribution in [0.15, 0.2) is 48.2 Å². The zero-order valence-corrected chi connectivity index (χ0v) is 13.5. The van der Waals surface area contributed by atoms with Crippen molar-refractivity contribution in [3.05, 3.63) is 48.2 Å². The maximum Gasteiger partial charge on any atom is 0.298 e. The first kappa shape index (κ1) is 19.1. The number of aliphatic hydroxyl groups excluding tert-OH is 1. The number of halogens is 1. The Hall–Kier alpha value is -1.92. The zero-order valence-electron chi connectivity index (χ0n) is 13.5. The molecule has 6 heteroatoms. The van der Waals surface area contributed by atoms with E-state index in [-0.39, 0.29) is 23.7 Å². The molecule has 3 N–H and O–H groups in total. The minimum absolute atomic E-state index is 0.00996. The van der Waals surface area contributed by atoms with Crippen LogP contribution in [0.3, 0.4) is 0 Å². The van der Waals surface area contributed by atoms with E-state index in [1.165, 1.54) is 0 Å². The number of rotatable bonds is 9. The largest absolute Gasteiger partial charge is 0.429 e. The van der Waals surface area contributed by atoms with Gasteiger partial charge in [-0.1, -0.05) is 19.2 Å². The average molecular weight is 324 g/mol. The lowest BCUT2D eigenvalue weighted by atomic mass is 9.92. The predicted octanol–water partition coefficient (Wildman–Crippen LogP) is 1.94. The lowest BCUT2D eigenvalue weighted by Crippen LogP contribution is -2.39. The third-order valence-electron chi connectivity index (χ3n) is 3.80. The third-order valence-corrected chi connectivity index (χ3v) is 3.80. The molecule has 1 fully saturated rings. The minimum Gasteiger partial charge on any atom is -0.429 e. The van der Waals surface area contributed by atoms with E-state index in [1.807, 2.05) is 0 Å². The van der Waals surface area contributed by atoms with Gasteiger partial charge in [-0.2, -0.15) is 0 Å². The number of piperidine rings is 1. The van der Waals surface area contributed by atoms with Crippen molar-refractivity contribution in [1.82, 2.24) is 10.6 Å². The second-order valence-electron chi connectivity index (χ2n) is 5.38. The molecule has 1 saturated heterocycles. The molecule has 1 heterocycles. The standard InChI is InChI=1S/C17H25FN2O3/c1-4-16(15(9-12(2)18)13(3)23-11-21)20-10-17(22)14-5-7-19-8-6-14/h4,9,11,14,17,19-20,22H,2-3,5-8,10H2,1H3/b15-9+,16-4+. The van der Waals surface area contributed by atoms with E-state index in [1.54, 1.807) is 13.0 Å². The summed E-state index contributed by atoms with van der Waals surface area (Å²) in [4.78, 5) is 10.5. The monoisotopic (exact) mass is 324 g/mol. The number of nitrogens with one attached hydrogen (secondary N) is 2. The lowest BCUT2D eigenvalue weighted by Gasteiger charge is -2.28. The van der Waals surface area contributed by atoms with E-state index in [0.717, 1.165) is 32.0 Å². The van der Waals surface area contributed by atoms with Gasteiger partial charge in [0.15, 0.2) is 0 Å². The molecule has 1 aliphatic rings. The highest BCUT2D eigenvalue weighted by atomic mass is 19.1. The fraction of sp³-hybridized carbons (Fsp3) is 0.471. The van der Waals surface area contributed by atoms with Crippen molar-refractivity contribution in [3.8, 4) is 0 Å². The maximum atomic E-state index is 13.2. The molecule has 0 aromatic heterocycles. The molecule has 1 rings (SSSR count). The summed E-state index contributed by atoms with van der Waals surface area (Å²) in [5.41, 5.74) is 0.799. The van der Waals surface area contributed by atoms with E-state index in [0.29, 0.717) is 12.2 Å². The fourth-order valence-electron chi connectivity index (χ4n) is 2.55. The molecule has 1 atom stereocenters. The fourth-order valence-corrected chi connectivity index (χ4v) is 2.55. The van der Waals surface area contributed by atoms with Gasteiger partial charge in [0.2, 0.25) is 0 Å². The molecular formula is C17H25FN2O3. The number of aliphatic hydroxyl groups is 1. The molecule has 0 aliphatic carbocycles. The molecule has 0 radical (unpaired) electrons. The SMILES string of the molecule is C=C(F)/C=C(C(=C)OC=O)/C(=C\C)NCC(O)C1CCNCC1. The molecule has 0 saturated carbocycles. The van der Waals surface area contributed by atoms with Crippen molar-refractivity contribution in [3.63, 3.8) is 0 Å². The second-order valence-corrected chi connectivity index (χ2v) is 5.38. The number of carbonyl (C=O) groups is 1. The van der Waals surface area contributed by atoms with Crippen molar-refractivity contribution in [1.29, 1.82) is 0 Å². The zero-order chi connectivity index (χ0) is 17.2. The first-order valence-electron chi connectivity index (χ1n) is 7.64. The first-order chi connectivity index (χ1) is 11.0. The maximum absolute atomic E-state index is 13.2. The Kier molecular flexibility index (Phi) is 8.29. The van der Waals surface area contributed by atoms with E-state index < -0.39 is 11.9 Å². The van der Waals surface area contributed by atoms with Crippen molar-refractivity contribution in [2.75, 3.05) is 19.6 Å². The Bertz CT molecular complexity index is 494. The summed E-state index contributed by atoms with van der Waals surface area (Å²) in [6, 6.07) is 0. The number of carbonyl (C=O) groups excluding carboxylic acids is 1. The van der Waals surface area contributed by atoms with Crippen LogP contribution >= 0.6 is 0 Å². The Labute approximate surface area is 136 Å². The number of ether oxygens (including phenoxy) is 1. The highest BCUT2D eigenvalue weighted by molar-refractivity contribution is 5.50. The van der Waals surface area contributed by atoms with Gasteiger partial charge in [0, 0.05) is 17.8 Å². The van der Waals surface area contributed by atoms with Gasteiger partial charge in [0.05, 0.1) is 6.10 Å². The van der Waals surface area contributed by atoms with Gasteiger partial charge >= 0.3 is 0 Å². The van der Waals surface area contributed by atoms with Gasteiger partial charge in [-0.15, -0.1) is 0 Å². The Morgan fingerprint density at radius 3 is 2.65 bits per heavy atom. The Balaban J connectivity index is 2.73. The molecule has 0 spiro atoms. The molecule has 128 valence electrons. The molecule has 0 aromatic carbocycles. The summed E-state index contributed by atoms with van der Waals surface area (Å²) in [5, 5.41) is 16.6. The van der Waals surface area contributed by atoms with Gasteiger partial charge in [0.1, 0.15) is 11.6 Å². The van der Waals surface area contributed by atoms with Crippen LogP contribution in [-0.2, 0) is 9.53 Å². The summed E-state index contributed by atoms with van der Waals surface area (Å²) in [5.74, 6) is -0.452. The smallest absolute Gasteiger partial charge is 0.298 e. The summed E-state index contributed by atoms with van der Waals surface area (Å²) >= 11 is 0.